The van der Waals surface area contributed by atoms with E-state index in [2.05, 4.69) is 39.0 Å². The van der Waals surface area contributed by atoms with E-state index in [4.69, 9.17) is 10.2 Å². The predicted molar refractivity (Wildman–Crippen MR) is 99.6 cm³/mol. The molecule has 2 aromatic rings. The summed E-state index contributed by atoms with van der Waals surface area (Å²) in [4.78, 5) is 0. The van der Waals surface area contributed by atoms with E-state index < -0.39 is 8.32 Å². The van der Waals surface area contributed by atoms with Crippen molar-refractivity contribution < 1.29 is 4.43 Å². The van der Waals surface area contributed by atoms with Crippen molar-refractivity contribution in [1.82, 2.24) is 9.78 Å². The first-order valence-corrected chi connectivity index (χ1v) is 11.1. The third-order valence-corrected chi connectivity index (χ3v) is 9.41. The number of nitrogen functional groups attached to an aromatic ring is 1. The fraction of sp³-hybridized carbons (Fsp3) is 0.500. The van der Waals surface area contributed by atoms with Gasteiger partial charge in [0.2, 0.25) is 0 Å². The van der Waals surface area contributed by atoms with E-state index >= 15 is 0 Å². The van der Waals surface area contributed by atoms with Crippen molar-refractivity contribution in [2.24, 2.45) is 0 Å². The molecule has 0 radical (unpaired) electrons. The van der Waals surface area contributed by atoms with Crippen LogP contribution in [-0.2, 0) is 10.8 Å². The minimum Gasteiger partial charge on any atom is -0.416 e. The monoisotopic (exact) mass is 331 g/mol. The lowest BCUT2D eigenvalue weighted by atomic mass is 10.2. The Morgan fingerprint density at radius 3 is 2.35 bits per heavy atom. The molecule has 0 aliphatic carbocycles. The molecule has 1 heterocycles. The molecular formula is C18H29N3OSi. The molecule has 4 nitrogen and oxygen atoms in total. The van der Waals surface area contributed by atoms with Gasteiger partial charge >= 0.3 is 0 Å². The van der Waals surface area contributed by atoms with Gasteiger partial charge in [0.15, 0.2) is 8.32 Å². The van der Waals surface area contributed by atoms with Gasteiger partial charge in [-0.3, -0.25) is 0 Å². The maximum atomic E-state index is 6.26. The number of anilines is 1. The summed E-state index contributed by atoms with van der Waals surface area (Å²) in [6, 6.07) is 10.00. The molecule has 2 N–H and O–H groups in total. The number of rotatable bonds is 5. The summed E-state index contributed by atoms with van der Waals surface area (Å²) >= 11 is 0. The zero-order valence-electron chi connectivity index (χ0n) is 15.2. The standard InChI is InChI=1S/C18H29N3OSi/c1-14-16(12-13-22-23(5,6)18(2,3)4)20-21(17(14)19)15-10-8-7-9-11-15/h7-11H,12-13,19H2,1-6H3. The molecule has 0 aliphatic heterocycles. The van der Waals surface area contributed by atoms with Crippen molar-refractivity contribution in [3.05, 3.63) is 41.6 Å². The molecule has 0 fully saturated rings. The minimum absolute atomic E-state index is 0.227. The van der Waals surface area contributed by atoms with Crippen molar-refractivity contribution in [2.75, 3.05) is 12.3 Å². The van der Waals surface area contributed by atoms with Crippen LogP contribution in [0, 0.1) is 6.92 Å². The molecule has 0 amide bonds. The van der Waals surface area contributed by atoms with E-state index in [0.29, 0.717) is 12.4 Å². The van der Waals surface area contributed by atoms with Gasteiger partial charge in [0.05, 0.1) is 11.4 Å². The fourth-order valence-electron chi connectivity index (χ4n) is 2.18. The Bertz CT molecular complexity index is 657. The van der Waals surface area contributed by atoms with Crippen LogP contribution in [0.5, 0.6) is 0 Å². The van der Waals surface area contributed by atoms with Crippen LogP contribution in [-0.4, -0.2) is 24.7 Å². The zero-order valence-corrected chi connectivity index (χ0v) is 16.2. The summed E-state index contributed by atoms with van der Waals surface area (Å²) in [7, 11) is -1.71. The van der Waals surface area contributed by atoms with Crippen LogP contribution in [0.3, 0.4) is 0 Å². The number of aromatic nitrogens is 2. The van der Waals surface area contributed by atoms with Gasteiger partial charge in [-0.05, 0) is 37.2 Å². The smallest absolute Gasteiger partial charge is 0.191 e. The molecular weight excluding hydrogens is 302 g/mol. The number of hydrogen-bond donors (Lipinski definition) is 1. The first-order chi connectivity index (χ1) is 10.6. The van der Waals surface area contributed by atoms with E-state index in [-0.39, 0.29) is 5.04 Å². The van der Waals surface area contributed by atoms with Crippen LogP contribution in [0.25, 0.3) is 5.69 Å². The van der Waals surface area contributed by atoms with Gasteiger partial charge in [-0.25, -0.2) is 4.68 Å². The summed E-state index contributed by atoms with van der Waals surface area (Å²) in [5.41, 5.74) is 9.29. The highest BCUT2D eigenvalue weighted by atomic mass is 28.4. The number of nitrogens with zero attached hydrogens (tertiary/aromatic N) is 2. The molecule has 23 heavy (non-hydrogen) atoms. The summed E-state index contributed by atoms with van der Waals surface area (Å²) in [6.07, 6.45) is 0.794. The molecule has 2 rings (SSSR count). The highest BCUT2D eigenvalue weighted by Crippen LogP contribution is 2.36. The second kappa shape index (κ2) is 6.49. The average molecular weight is 332 g/mol. The molecule has 1 aromatic heterocycles. The van der Waals surface area contributed by atoms with Gasteiger partial charge in [0, 0.05) is 18.6 Å². The lowest BCUT2D eigenvalue weighted by Gasteiger charge is -2.36. The van der Waals surface area contributed by atoms with Gasteiger partial charge in [0.25, 0.3) is 0 Å². The Morgan fingerprint density at radius 1 is 1.17 bits per heavy atom. The normalized spacial score (nSPS) is 12.6. The van der Waals surface area contributed by atoms with Crippen molar-refractivity contribution in [1.29, 1.82) is 0 Å². The third kappa shape index (κ3) is 3.84. The first kappa shape index (κ1) is 17.8. The topological polar surface area (TPSA) is 53.1 Å². The molecule has 0 unspecified atom stereocenters. The molecule has 0 atom stereocenters. The van der Waals surface area contributed by atoms with Crippen molar-refractivity contribution in [3.63, 3.8) is 0 Å². The molecule has 0 bridgehead atoms. The van der Waals surface area contributed by atoms with Gasteiger partial charge in [-0.1, -0.05) is 39.0 Å². The average Bonchev–Trinajstić information content (AvgIpc) is 2.75. The molecule has 126 valence electrons. The zero-order chi connectivity index (χ0) is 17.3. The van der Waals surface area contributed by atoms with Gasteiger partial charge in [-0.15, -0.1) is 0 Å². The van der Waals surface area contributed by atoms with E-state index in [1.165, 1.54) is 0 Å². The Hall–Kier alpha value is -1.59. The van der Waals surface area contributed by atoms with Gasteiger partial charge in [-0.2, -0.15) is 5.10 Å². The largest absolute Gasteiger partial charge is 0.416 e. The van der Waals surface area contributed by atoms with Crippen LogP contribution < -0.4 is 5.73 Å². The lowest BCUT2D eigenvalue weighted by molar-refractivity contribution is 0.290. The van der Waals surface area contributed by atoms with Crippen LogP contribution in [0.4, 0.5) is 5.82 Å². The van der Waals surface area contributed by atoms with E-state index in [9.17, 15) is 0 Å². The summed E-state index contributed by atoms with van der Waals surface area (Å²) in [5.74, 6) is 0.707. The summed E-state index contributed by atoms with van der Waals surface area (Å²) in [6.45, 7) is 14.0. The Kier molecular flexibility index (Phi) is 5.01. The molecule has 0 saturated carbocycles. The van der Waals surface area contributed by atoms with Crippen molar-refractivity contribution in [2.45, 2.75) is 52.2 Å². The first-order valence-electron chi connectivity index (χ1n) is 8.17. The van der Waals surface area contributed by atoms with Gasteiger partial charge < -0.3 is 10.2 Å². The second-order valence-corrected chi connectivity index (χ2v) is 12.4. The highest BCUT2D eigenvalue weighted by Gasteiger charge is 2.36. The summed E-state index contributed by atoms with van der Waals surface area (Å²) in [5, 5.41) is 4.92. The molecule has 5 heteroatoms. The SMILES string of the molecule is Cc1c(CCO[Si](C)(C)C(C)(C)C)nn(-c2ccccc2)c1N. The Labute approximate surface area is 140 Å². The van der Waals surface area contributed by atoms with Crippen molar-refractivity contribution >= 4 is 14.1 Å². The van der Waals surface area contributed by atoms with Crippen LogP contribution in [0.1, 0.15) is 32.0 Å². The Balaban J connectivity index is 2.11. The summed E-state index contributed by atoms with van der Waals surface area (Å²) < 4.78 is 8.07. The number of hydrogen-bond acceptors (Lipinski definition) is 3. The molecule has 0 aliphatic rings. The van der Waals surface area contributed by atoms with Crippen LogP contribution in [0.2, 0.25) is 18.1 Å². The number of benzene rings is 1. The quantitative estimate of drug-likeness (QED) is 0.830. The number of para-hydroxylation sites is 1. The Morgan fingerprint density at radius 2 is 1.78 bits per heavy atom. The molecule has 0 spiro atoms. The van der Waals surface area contributed by atoms with E-state index in [1.54, 1.807) is 0 Å². The predicted octanol–water partition coefficient (Wildman–Crippen LogP) is 4.33. The van der Waals surface area contributed by atoms with Gasteiger partial charge in [0.1, 0.15) is 5.82 Å². The van der Waals surface area contributed by atoms with E-state index in [1.807, 2.05) is 41.9 Å². The fourth-order valence-corrected chi connectivity index (χ4v) is 3.22. The number of nitrogens with two attached hydrogens (primary N) is 1. The maximum absolute atomic E-state index is 6.26. The van der Waals surface area contributed by atoms with E-state index in [0.717, 1.165) is 23.4 Å². The highest BCUT2D eigenvalue weighted by molar-refractivity contribution is 6.74. The molecule has 0 saturated heterocycles. The molecule has 1 aromatic carbocycles. The third-order valence-electron chi connectivity index (χ3n) is 4.87. The van der Waals surface area contributed by atoms with Crippen molar-refractivity contribution in [3.8, 4) is 5.69 Å². The maximum Gasteiger partial charge on any atom is 0.191 e. The van der Waals surface area contributed by atoms with Crippen LogP contribution in [0.15, 0.2) is 30.3 Å². The lowest BCUT2D eigenvalue weighted by Crippen LogP contribution is -2.41. The minimum atomic E-state index is -1.71. The van der Waals surface area contributed by atoms with Crippen LogP contribution >= 0.6 is 0 Å². The second-order valence-electron chi connectivity index (χ2n) is 7.56.